The summed E-state index contributed by atoms with van der Waals surface area (Å²) >= 11 is 18.3. The maximum atomic E-state index is 9.16. The van der Waals surface area contributed by atoms with E-state index in [0.717, 1.165) is 16.7 Å². The molecule has 0 saturated heterocycles. The van der Waals surface area contributed by atoms with Gasteiger partial charge in [-0.05, 0) is 28.8 Å². The summed E-state index contributed by atoms with van der Waals surface area (Å²) in [5.41, 5.74) is 2.69. The van der Waals surface area contributed by atoms with Crippen LogP contribution in [0.2, 0.25) is 10.0 Å². The number of halogens is 3. The Hall–Kier alpha value is -0.930. The van der Waals surface area contributed by atoms with Gasteiger partial charge in [-0.2, -0.15) is 0 Å². The summed E-state index contributed by atoms with van der Waals surface area (Å²) in [6.07, 6.45) is 0. The molecule has 0 aromatic heterocycles. The molecule has 0 spiro atoms. The van der Waals surface area contributed by atoms with Crippen LogP contribution in [0.5, 0.6) is 5.75 Å². The van der Waals surface area contributed by atoms with Crippen molar-refractivity contribution in [2.45, 2.75) is 25.9 Å². The van der Waals surface area contributed by atoms with Gasteiger partial charge in [-0.15, -0.1) is 11.6 Å². The van der Waals surface area contributed by atoms with Crippen molar-refractivity contribution in [3.8, 4) is 5.75 Å². The lowest BCUT2D eigenvalue weighted by Crippen LogP contribution is -2.19. The SMILES string of the molecule is CC(C)(c1ccc(CO)cc1)c1cc(Cl)c(OCCCl)c(Cl)c1. The Morgan fingerprint density at radius 2 is 1.57 bits per heavy atom. The van der Waals surface area contributed by atoms with E-state index in [1.165, 1.54) is 0 Å². The van der Waals surface area contributed by atoms with Crippen molar-refractivity contribution in [3.63, 3.8) is 0 Å². The van der Waals surface area contributed by atoms with E-state index in [1.54, 1.807) is 0 Å². The first-order valence-electron chi connectivity index (χ1n) is 7.28. The second-order valence-corrected chi connectivity index (χ2v) is 6.98. The molecule has 2 aromatic rings. The van der Waals surface area contributed by atoms with Gasteiger partial charge in [0.05, 0.1) is 22.5 Å². The zero-order chi connectivity index (χ0) is 17.0. The van der Waals surface area contributed by atoms with Crippen LogP contribution in [0.4, 0.5) is 0 Å². The molecule has 0 bridgehead atoms. The molecule has 5 heteroatoms. The molecule has 0 saturated carbocycles. The molecule has 2 nitrogen and oxygen atoms in total. The molecule has 1 N–H and O–H groups in total. The number of alkyl halides is 1. The molecule has 0 amide bonds. The molecular weight excluding hydrogens is 355 g/mol. The summed E-state index contributed by atoms with van der Waals surface area (Å²) in [4.78, 5) is 0. The Morgan fingerprint density at radius 1 is 1.00 bits per heavy atom. The molecule has 23 heavy (non-hydrogen) atoms. The molecule has 2 aromatic carbocycles. The smallest absolute Gasteiger partial charge is 0.156 e. The second-order valence-electron chi connectivity index (χ2n) is 5.79. The van der Waals surface area contributed by atoms with Gasteiger partial charge in [0, 0.05) is 5.41 Å². The number of aliphatic hydroxyl groups excluding tert-OH is 1. The Bertz CT molecular complexity index is 643. The van der Waals surface area contributed by atoms with Crippen LogP contribution < -0.4 is 4.74 Å². The number of ether oxygens (including phenoxy) is 1. The van der Waals surface area contributed by atoms with Crippen molar-refractivity contribution in [1.29, 1.82) is 0 Å². The maximum Gasteiger partial charge on any atom is 0.156 e. The standard InChI is InChI=1S/C18H19Cl3O2/c1-18(2,13-5-3-12(11-22)4-6-13)14-9-15(20)17(16(21)10-14)23-8-7-19/h3-6,9-10,22H,7-8,11H2,1-2H3. The Balaban J connectivity index is 2.38. The van der Waals surface area contributed by atoms with E-state index < -0.39 is 0 Å². The zero-order valence-corrected chi connectivity index (χ0v) is 15.3. The number of hydrogen-bond acceptors (Lipinski definition) is 2. The first kappa shape index (κ1) is 18.4. The van der Waals surface area contributed by atoms with Gasteiger partial charge >= 0.3 is 0 Å². The molecule has 0 heterocycles. The monoisotopic (exact) mass is 372 g/mol. The van der Waals surface area contributed by atoms with Crippen molar-refractivity contribution in [3.05, 3.63) is 63.1 Å². The summed E-state index contributed by atoms with van der Waals surface area (Å²) in [5.74, 6) is 0.834. The number of aliphatic hydroxyl groups is 1. The van der Waals surface area contributed by atoms with Gasteiger partial charge in [0.2, 0.25) is 0 Å². The van der Waals surface area contributed by atoms with Gasteiger partial charge in [0.25, 0.3) is 0 Å². The average molecular weight is 374 g/mol. The van der Waals surface area contributed by atoms with Crippen LogP contribution in [-0.4, -0.2) is 17.6 Å². The fourth-order valence-electron chi connectivity index (χ4n) is 2.39. The van der Waals surface area contributed by atoms with Gasteiger partial charge in [-0.25, -0.2) is 0 Å². The van der Waals surface area contributed by atoms with E-state index in [4.69, 9.17) is 44.6 Å². The fourth-order valence-corrected chi connectivity index (χ4v) is 3.07. The van der Waals surface area contributed by atoms with Gasteiger partial charge < -0.3 is 9.84 Å². The van der Waals surface area contributed by atoms with Crippen molar-refractivity contribution in [1.82, 2.24) is 0 Å². The van der Waals surface area contributed by atoms with Crippen molar-refractivity contribution < 1.29 is 9.84 Å². The quantitative estimate of drug-likeness (QED) is 0.684. The minimum atomic E-state index is -0.285. The number of hydrogen-bond donors (Lipinski definition) is 1. The van der Waals surface area contributed by atoms with Crippen LogP contribution in [0.25, 0.3) is 0 Å². The largest absolute Gasteiger partial charge is 0.489 e. The van der Waals surface area contributed by atoms with Gasteiger partial charge in [0.15, 0.2) is 5.75 Å². The molecule has 0 atom stereocenters. The van der Waals surface area contributed by atoms with Crippen LogP contribution in [0.15, 0.2) is 36.4 Å². The van der Waals surface area contributed by atoms with Crippen LogP contribution in [-0.2, 0) is 12.0 Å². The van der Waals surface area contributed by atoms with E-state index in [2.05, 4.69) is 13.8 Å². The minimum Gasteiger partial charge on any atom is -0.489 e. The first-order chi connectivity index (χ1) is 10.9. The Kier molecular flexibility index (Phi) is 6.21. The maximum absolute atomic E-state index is 9.16. The summed E-state index contributed by atoms with van der Waals surface area (Å²) in [5, 5.41) is 10.1. The summed E-state index contributed by atoms with van der Waals surface area (Å²) in [6, 6.07) is 11.6. The van der Waals surface area contributed by atoms with Crippen LogP contribution in [0, 0.1) is 0 Å². The van der Waals surface area contributed by atoms with E-state index in [9.17, 15) is 0 Å². The van der Waals surface area contributed by atoms with Crippen LogP contribution in [0.3, 0.4) is 0 Å². The number of benzene rings is 2. The third kappa shape index (κ3) is 4.13. The molecule has 0 fully saturated rings. The zero-order valence-electron chi connectivity index (χ0n) is 13.1. The summed E-state index contributed by atoms with van der Waals surface area (Å²) < 4.78 is 5.50. The molecular formula is C18H19Cl3O2. The van der Waals surface area contributed by atoms with E-state index >= 15 is 0 Å². The van der Waals surface area contributed by atoms with E-state index in [0.29, 0.717) is 28.3 Å². The predicted molar refractivity (Wildman–Crippen MR) is 97.2 cm³/mol. The highest BCUT2D eigenvalue weighted by molar-refractivity contribution is 6.37. The van der Waals surface area contributed by atoms with Crippen molar-refractivity contribution in [2.75, 3.05) is 12.5 Å². The molecule has 0 unspecified atom stereocenters. The number of rotatable bonds is 6. The predicted octanol–water partition coefficient (Wildman–Crippen LogP) is 5.43. The third-order valence-corrected chi connectivity index (χ3v) is 4.62. The summed E-state index contributed by atoms with van der Waals surface area (Å²) in [6.45, 7) is 4.59. The second kappa shape index (κ2) is 7.76. The van der Waals surface area contributed by atoms with Crippen molar-refractivity contribution in [2.24, 2.45) is 0 Å². The average Bonchev–Trinajstić information content (AvgIpc) is 2.54. The van der Waals surface area contributed by atoms with Gasteiger partial charge in [-0.1, -0.05) is 61.3 Å². The highest BCUT2D eigenvalue weighted by atomic mass is 35.5. The Morgan fingerprint density at radius 3 is 2.04 bits per heavy atom. The molecule has 0 radical (unpaired) electrons. The van der Waals surface area contributed by atoms with Crippen LogP contribution >= 0.6 is 34.8 Å². The highest BCUT2D eigenvalue weighted by Gasteiger charge is 2.25. The Labute approximate surface area is 151 Å². The lowest BCUT2D eigenvalue weighted by molar-refractivity contribution is 0.282. The lowest BCUT2D eigenvalue weighted by Gasteiger charge is -2.27. The highest BCUT2D eigenvalue weighted by Crippen LogP contribution is 2.40. The van der Waals surface area contributed by atoms with Crippen molar-refractivity contribution >= 4 is 34.8 Å². The normalized spacial score (nSPS) is 11.6. The van der Waals surface area contributed by atoms with E-state index in [1.807, 2.05) is 36.4 Å². The topological polar surface area (TPSA) is 29.5 Å². The van der Waals surface area contributed by atoms with E-state index in [-0.39, 0.29) is 12.0 Å². The van der Waals surface area contributed by atoms with Gasteiger partial charge in [-0.3, -0.25) is 0 Å². The fraction of sp³-hybridized carbons (Fsp3) is 0.333. The lowest BCUT2D eigenvalue weighted by atomic mass is 9.78. The summed E-state index contributed by atoms with van der Waals surface area (Å²) in [7, 11) is 0. The molecule has 0 aliphatic carbocycles. The minimum absolute atomic E-state index is 0.0327. The first-order valence-corrected chi connectivity index (χ1v) is 8.57. The van der Waals surface area contributed by atoms with Crippen LogP contribution in [0.1, 0.15) is 30.5 Å². The molecule has 2 rings (SSSR count). The van der Waals surface area contributed by atoms with Gasteiger partial charge in [0.1, 0.15) is 6.61 Å². The third-order valence-electron chi connectivity index (χ3n) is 3.90. The molecule has 124 valence electrons. The molecule has 0 aliphatic rings. The molecule has 0 aliphatic heterocycles.